The Labute approximate surface area is 106 Å². The number of benzene rings is 1. The Bertz CT molecular complexity index is 448. The molecule has 0 atom stereocenters. The Kier molecular flexibility index (Phi) is 4.10. The molecule has 1 aliphatic carbocycles. The van der Waals surface area contributed by atoms with Crippen molar-refractivity contribution in [3.8, 4) is 0 Å². The van der Waals surface area contributed by atoms with Crippen molar-refractivity contribution < 1.29 is 13.6 Å². The molecule has 0 saturated heterocycles. The molecule has 1 aromatic rings. The maximum absolute atomic E-state index is 13.6. The molecule has 2 rings (SSSR count). The molecule has 98 valence electrons. The highest BCUT2D eigenvalue weighted by atomic mass is 19.1. The zero-order valence-corrected chi connectivity index (χ0v) is 10.6. The Morgan fingerprint density at radius 3 is 2.56 bits per heavy atom. The number of rotatable bonds is 4. The number of aryl methyl sites for hydroxylation is 1. The first kappa shape index (κ1) is 13.2. The van der Waals surface area contributed by atoms with Gasteiger partial charge < -0.3 is 0 Å². The first-order chi connectivity index (χ1) is 8.58. The van der Waals surface area contributed by atoms with Gasteiger partial charge in [0.2, 0.25) is 0 Å². The van der Waals surface area contributed by atoms with Crippen LogP contribution in [0.15, 0.2) is 12.1 Å². The molecular formula is C15H18F2O. The second kappa shape index (κ2) is 5.59. The molecule has 0 bridgehead atoms. The highest BCUT2D eigenvalue weighted by Crippen LogP contribution is 2.29. The van der Waals surface area contributed by atoms with Crippen LogP contribution in [-0.2, 0) is 0 Å². The van der Waals surface area contributed by atoms with Gasteiger partial charge in [0.1, 0.15) is 11.6 Å². The molecule has 3 heteroatoms. The molecule has 1 fully saturated rings. The first-order valence-corrected chi connectivity index (χ1v) is 6.57. The van der Waals surface area contributed by atoms with E-state index in [1.807, 2.05) is 0 Å². The summed E-state index contributed by atoms with van der Waals surface area (Å²) >= 11 is 0. The zero-order valence-electron chi connectivity index (χ0n) is 10.6. The Morgan fingerprint density at radius 1 is 1.22 bits per heavy atom. The van der Waals surface area contributed by atoms with Crippen molar-refractivity contribution in [3.63, 3.8) is 0 Å². The molecule has 0 aliphatic heterocycles. The van der Waals surface area contributed by atoms with Crippen molar-refractivity contribution in [2.45, 2.75) is 45.4 Å². The SMILES string of the molecule is Cc1cc(F)c(C(=O)CCC2CCCC2)cc1F. The van der Waals surface area contributed by atoms with Crippen LogP contribution in [0.5, 0.6) is 0 Å². The van der Waals surface area contributed by atoms with Crippen molar-refractivity contribution in [3.05, 3.63) is 34.9 Å². The lowest BCUT2D eigenvalue weighted by Crippen LogP contribution is -2.06. The highest BCUT2D eigenvalue weighted by Gasteiger charge is 2.19. The fourth-order valence-electron chi connectivity index (χ4n) is 2.63. The van der Waals surface area contributed by atoms with Crippen LogP contribution in [0.2, 0.25) is 0 Å². The lowest BCUT2D eigenvalue weighted by atomic mass is 9.97. The normalized spacial score (nSPS) is 16.2. The number of Topliss-reactive ketones (excluding diaryl/α,β-unsaturated/α-hetero) is 1. The molecule has 0 N–H and O–H groups in total. The van der Waals surface area contributed by atoms with E-state index in [1.165, 1.54) is 19.8 Å². The molecule has 0 aromatic heterocycles. The Hall–Kier alpha value is -1.25. The molecule has 18 heavy (non-hydrogen) atoms. The van der Waals surface area contributed by atoms with E-state index in [-0.39, 0.29) is 16.9 Å². The third-order valence-electron chi connectivity index (χ3n) is 3.80. The van der Waals surface area contributed by atoms with Gasteiger partial charge in [-0.15, -0.1) is 0 Å². The Morgan fingerprint density at radius 2 is 1.89 bits per heavy atom. The van der Waals surface area contributed by atoms with Crippen LogP contribution in [0.25, 0.3) is 0 Å². The van der Waals surface area contributed by atoms with Crippen LogP contribution in [0.1, 0.15) is 54.4 Å². The van der Waals surface area contributed by atoms with E-state index < -0.39 is 11.6 Å². The van der Waals surface area contributed by atoms with E-state index in [9.17, 15) is 13.6 Å². The molecule has 0 spiro atoms. The smallest absolute Gasteiger partial charge is 0.165 e. The standard InChI is InChI=1S/C15H18F2O/c1-10-8-14(17)12(9-13(10)16)15(18)7-6-11-4-2-3-5-11/h8-9,11H,2-7H2,1H3. The summed E-state index contributed by atoms with van der Waals surface area (Å²) in [5.41, 5.74) is 0.135. The minimum Gasteiger partial charge on any atom is -0.294 e. The predicted octanol–water partition coefficient (Wildman–Crippen LogP) is 4.43. The van der Waals surface area contributed by atoms with Gasteiger partial charge in [-0.3, -0.25) is 4.79 Å². The van der Waals surface area contributed by atoms with Crippen LogP contribution in [-0.4, -0.2) is 5.78 Å². The molecule has 0 unspecified atom stereocenters. The fourth-order valence-corrected chi connectivity index (χ4v) is 2.63. The average Bonchev–Trinajstić information content (AvgIpc) is 2.84. The van der Waals surface area contributed by atoms with Crippen molar-refractivity contribution in [2.24, 2.45) is 5.92 Å². The van der Waals surface area contributed by atoms with Crippen LogP contribution >= 0.6 is 0 Å². The molecule has 0 heterocycles. The number of halogens is 2. The number of carbonyl (C=O) groups is 1. The molecular weight excluding hydrogens is 234 g/mol. The third-order valence-corrected chi connectivity index (χ3v) is 3.80. The number of hydrogen-bond donors (Lipinski definition) is 0. The summed E-state index contributed by atoms with van der Waals surface area (Å²) in [7, 11) is 0. The van der Waals surface area contributed by atoms with Crippen LogP contribution in [0.3, 0.4) is 0 Å². The number of carbonyl (C=O) groups excluding carboxylic acids is 1. The third kappa shape index (κ3) is 2.95. The van der Waals surface area contributed by atoms with Crippen LogP contribution < -0.4 is 0 Å². The van der Waals surface area contributed by atoms with E-state index in [4.69, 9.17) is 0 Å². The van der Waals surface area contributed by atoms with Crippen molar-refractivity contribution >= 4 is 5.78 Å². The van der Waals surface area contributed by atoms with Gasteiger partial charge in [0.25, 0.3) is 0 Å². The van der Waals surface area contributed by atoms with Crippen molar-refractivity contribution in [1.82, 2.24) is 0 Å². The number of ketones is 1. The average molecular weight is 252 g/mol. The maximum atomic E-state index is 13.6. The van der Waals surface area contributed by atoms with Crippen molar-refractivity contribution in [2.75, 3.05) is 0 Å². The van der Waals surface area contributed by atoms with E-state index in [0.29, 0.717) is 12.3 Å². The predicted molar refractivity (Wildman–Crippen MR) is 66.6 cm³/mol. The molecule has 1 aliphatic rings. The van der Waals surface area contributed by atoms with Crippen LogP contribution in [0, 0.1) is 24.5 Å². The second-order valence-corrected chi connectivity index (χ2v) is 5.19. The topological polar surface area (TPSA) is 17.1 Å². The lowest BCUT2D eigenvalue weighted by Gasteiger charge is -2.09. The molecule has 1 saturated carbocycles. The summed E-state index contributed by atoms with van der Waals surface area (Å²) in [5, 5.41) is 0. The lowest BCUT2D eigenvalue weighted by molar-refractivity contribution is 0.0969. The van der Waals surface area contributed by atoms with E-state index in [1.54, 1.807) is 0 Å². The summed E-state index contributed by atoms with van der Waals surface area (Å²) < 4.78 is 26.9. The quantitative estimate of drug-likeness (QED) is 0.725. The largest absolute Gasteiger partial charge is 0.294 e. The van der Waals surface area contributed by atoms with Gasteiger partial charge in [0.05, 0.1) is 5.56 Å². The van der Waals surface area contributed by atoms with Crippen molar-refractivity contribution in [1.29, 1.82) is 0 Å². The summed E-state index contributed by atoms with van der Waals surface area (Å²) in [6, 6.07) is 2.12. The van der Waals surface area contributed by atoms with Gasteiger partial charge in [-0.2, -0.15) is 0 Å². The number of hydrogen-bond acceptors (Lipinski definition) is 1. The zero-order chi connectivity index (χ0) is 13.1. The minimum atomic E-state index is -0.606. The molecule has 1 aromatic carbocycles. The maximum Gasteiger partial charge on any atom is 0.165 e. The highest BCUT2D eigenvalue weighted by molar-refractivity contribution is 5.96. The van der Waals surface area contributed by atoms with Gasteiger partial charge in [-0.05, 0) is 37.0 Å². The van der Waals surface area contributed by atoms with Crippen LogP contribution in [0.4, 0.5) is 8.78 Å². The van der Waals surface area contributed by atoms with Gasteiger partial charge >= 0.3 is 0 Å². The summed E-state index contributed by atoms with van der Waals surface area (Å²) in [5.74, 6) is -0.809. The summed E-state index contributed by atoms with van der Waals surface area (Å²) in [4.78, 5) is 11.9. The fraction of sp³-hybridized carbons (Fsp3) is 0.533. The second-order valence-electron chi connectivity index (χ2n) is 5.19. The van der Waals surface area contributed by atoms with E-state index in [0.717, 1.165) is 31.4 Å². The van der Waals surface area contributed by atoms with E-state index in [2.05, 4.69) is 0 Å². The first-order valence-electron chi connectivity index (χ1n) is 6.57. The van der Waals surface area contributed by atoms with E-state index >= 15 is 0 Å². The van der Waals surface area contributed by atoms with Gasteiger partial charge in [0.15, 0.2) is 5.78 Å². The van der Waals surface area contributed by atoms with Gasteiger partial charge in [0, 0.05) is 6.42 Å². The molecule has 1 nitrogen and oxygen atoms in total. The Balaban J connectivity index is 2.01. The summed E-state index contributed by atoms with van der Waals surface area (Å²) in [6.07, 6.45) is 5.91. The van der Waals surface area contributed by atoms with Gasteiger partial charge in [-0.25, -0.2) is 8.78 Å². The van der Waals surface area contributed by atoms with Gasteiger partial charge in [-0.1, -0.05) is 25.7 Å². The monoisotopic (exact) mass is 252 g/mol. The molecule has 0 amide bonds. The summed E-state index contributed by atoms with van der Waals surface area (Å²) in [6.45, 7) is 1.49. The molecule has 0 radical (unpaired) electrons. The minimum absolute atomic E-state index is 0.101.